The Bertz CT molecular complexity index is 949. The zero-order valence-corrected chi connectivity index (χ0v) is 18.2. The number of hydrogen-bond donors (Lipinski definition) is 2. The normalized spacial score (nSPS) is 28.5. The molecule has 4 bridgehead atoms. The molecular weight excluding hydrogens is 414 g/mol. The molecule has 7 nitrogen and oxygen atoms in total. The van der Waals surface area contributed by atoms with Gasteiger partial charge in [0.25, 0.3) is 5.91 Å². The first-order chi connectivity index (χ1) is 15.0. The number of aryl methyl sites for hydroxylation is 1. The van der Waals surface area contributed by atoms with Crippen LogP contribution in [0.25, 0.3) is 10.2 Å². The van der Waals surface area contributed by atoms with Crippen molar-refractivity contribution in [3.63, 3.8) is 0 Å². The van der Waals surface area contributed by atoms with Crippen LogP contribution < -0.4 is 10.6 Å². The minimum Gasteiger partial charge on any atom is -0.456 e. The molecule has 0 saturated heterocycles. The molecule has 4 saturated carbocycles. The van der Waals surface area contributed by atoms with E-state index in [9.17, 15) is 14.4 Å². The maximum absolute atomic E-state index is 12.4. The summed E-state index contributed by atoms with van der Waals surface area (Å²) in [5.41, 5.74) is 0.757. The number of amides is 3. The number of ether oxygens (including phenoxy) is 1. The van der Waals surface area contributed by atoms with Gasteiger partial charge in [0.15, 0.2) is 6.61 Å². The molecule has 1 aromatic heterocycles. The molecule has 4 aliphatic rings. The predicted octanol–water partition coefficient (Wildman–Crippen LogP) is 3.57. The summed E-state index contributed by atoms with van der Waals surface area (Å²) >= 11 is 1.55. The quantitative estimate of drug-likeness (QED) is 0.668. The SMILES string of the molecule is O=C(COC(=O)CCc1nc2ccccc2s1)NC(=O)NC12CC3CC(CC(C3)C1)C2. The van der Waals surface area contributed by atoms with Crippen LogP contribution in [0.4, 0.5) is 4.79 Å². The lowest BCUT2D eigenvalue weighted by Crippen LogP contribution is -2.62. The number of hydrogen-bond acceptors (Lipinski definition) is 6. The Balaban J connectivity index is 1.04. The smallest absolute Gasteiger partial charge is 0.321 e. The molecule has 0 unspecified atom stereocenters. The minimum absolute atomic E-state index is 0.145. The molecule has 0 aliphatic heterocycles. The second-order valence-electron chi connectivity index (χ2n) is 9.44. The molecule has 4 aliphatic carbocycles. The highest BCUT2D eigenvalue weighted by Gasteiger charge is 2.51. The van der Waals surface area contributed by atoms with Gasteiger partial charge in [-0.3, -0.25) is 14.9 Å². The van der Waals surface area contributed by atoms with Crippen molar-refractivity contribution >= 4 is 39.5 Å². The first-order valence-corrected chi connectivity index (χ1v) is 11.9. The van der Waals surface area contributed by atoms with E-state index in [1.807, 2.05) is 24.3 Å². The highest BCUT2D eigenvalue weighted by molar-refractivity contribution is 7.18. The topological polar surface area (TPSA) is 97.4 Å². The molecule has 164 valence electrons. The number of nitrogens with one attached hydrogen (secondary N) is 2. The molecule has 8 heteroatoms. The number of rotatable bonds is 6. The fraction of sp³-hybridized carbons (Fsp3) is 0.565. The summed E-state index contributed by atoms with van der Waals surface area (Å²) < 4.78 is 6.12. The van der Waals surface area contributed by atoms with Gasteiger partial charge < -0.3 is 10.1 Å². The second kappa shape index (κ2) is 8.22. The number of carbonyl (C=O) groups excluding carboxylic acids is 3. The number of fused-ring (bicyclic) bond motifs is 1. The average Bonchev–Trinajstić information content (AvgIpc) is 3.12. The molecule has 6 rings (SSSR count). The van der Waals surface area contributed by atoms with Gasteiger partial charge in [0.2, 0.25) is 0 Å². The lowest BCUT2D eigenvalue weighted by atomic mass is 9.53. The number of imide groups is 1. The summed E-state index contributed by atoms with van der Waals surface area (Å²) in [6, 6.07) is 7.34. The second-order valence-corrected chi connectivity index (χ2v) is 10.6. The number of carbonyl (C=O) groups is 3. The summed E-state index contributed by atoms with van der Waals surface area (Å²) in [7, 11) is 0. The third-order valence-electron chi connectivity index (χ3n) is 6.92. The highest BCUT2D eigenvalue weighted by Crippen LogP contribution is 2.55. The van der Waals surface area contributed by atoms with Crippen molar-refractivity contribution in [2.75, 3.05) is 6.61 Å². The third-order valence-corrected chi connectivity index (χ3v) is 8.01. The Kier molecular flexibility index (Phi) is 5.42. The fourth-order valence-corrected chi connectivity index (χ4v) is 7.12. The Morgan fingerprint density at radius 1 is 1.06 bits per heavy atom. The number of nitrogens with zero attached hydrogens (tertiary/aromatic N) is 1. The lowest BCUT2D eigenvalue weighted by Gasteiger charge is -2.56. The maximum Gasteiger partial charge on any atom is 0.321 e. The van der Waals surface area contributed by atoms with Crippen molar-refractivity contribution in [2.24, 2.45) is 17.8 Å². The number of para-hydroxylation sites is 1. The van der Waals surface area contributed by atoms with E-state index in [0.717, 1.165) is 34.5 Å². The van der Waals surface area contributed by atoms with Crippen LogP contribution in [-0.4, -0.2) is 35.0 Å². The third kappa shape index (κ3) is 4.59. The van der Waals surface area contributed by atoms with E-state index in [0.29, 0.717) is 24.2 Å². The van der Waals surface area contributed by atoms with Crippen LogP contribution in [0.5, 0.6) is 0 Å². The summed E-state index contributed by atoms with van der Waals surface area (Å²) in [4.78, 5) is 40.9. The van der Waals surface area contributed by atoms with Crippen molar-refractivity contribution < 1.29 is 19.1 Å². The predicted molar refractivity (Wildman–Crippen MR) is 116 cm³/mol. The average molecular weight is 442 g/mol. The molecular formula is C23H27N3O4S. The molecule has 1 heterocycles. The van der Waals surface area contributed by atoms with Gasteiger partial charge in [0.05, 0.1) is 21.6 Å². The summed E-state index contributed by atoms with van der Waals surface area (Å²) in [6.07, 6.45) is 7.51. The summed E-state index contributed by atoms with van der Waals surface area (Å²) in [5.74, 6) is 1.04. The maximum atomic E-state index is 12.4. The van der Waals surface area contributed by atoms with Crippen molar-refractivity contribution in [3.8, 4) is 0 Å². The molecule has 2 aromatic rings. The number of benzene rings is 1. The highest BCUT2D eigenvalue weighted by atomic mass is 32.1. The van der Waals surface area contributed by atoms with Gasteiger partial charge in [0.1, 0.15) is 0 Å². The molecule has 0 atom stereocenters. The van der Waals surface area contributed by atoms with Crippen LogP contribution in [0.3, 0.4) is 0 Å². The van der Waals surface area contributed by atoms with Crippen molar-refractivity contribution in [3.05, 3.63) is 29.3 Å². The van der Waals surface area contributed by atoms with Gasteiger partial charge in [0, 0.05) is 12.0 Å². The Morgan fingerprint density at radius 3 is 2.42 bits per heavy atom. The molecule has 0 spiro atoms. The van der Waals surface area contributed by atoms with Crippen molar-refractivity contribution in [1.82, 2.24) is 15.6 Å². The van der Waals surface area contributed by atoms with E-state index in [1.165, 1.54) is 19.3 Å². The molecule has 31 heavy (non-hydrogen) atoms. The summed E-state index contributed by atoms with van der Waals surface area (Å²) in [6.45, 7) is -0.451. The zero-order chi connectivity index (χ0) is 21.4. The number of thiazole rings is 1. The van der Waals surface area contributed by atoms with E-state index < -0.39 is 24.5 Å². The van der Waals surface area contributed by atoms with E-state index in [2.05, 4.69) is 15.6 Å². The fourth-order valence-electron chi connectivity index (χ4n) is 6.15. The van der Waals surface area contributed by atoms with Crippen LogP contribution in [0.2, 0.25) is 0 Å². The number of aromatic nitrogens is 1. The standard InChI is InChI=1S/C23H27N3O4S/c27-19(13-30-21(28)6-5-20-24-17-3-1-2-4-18(17)31-20)25-22(29)26-23-10-14-7-15(11-23)9-16(8-14)12-23/h1-4,14-16H,5-13H2,(H2,25,26,27,29). The van der Waals surface area contributed by atoms with Gasteiger partial charge >= 0.3 is 12.0 Å². The van der Waals surface area contributed by atoms with Gasteiger partial charge in [-0.15, -0.1) is 11.3 Å². The van der Waals surface area contributed by atoms with Gasteiger partial charge in [-0.05, 0) is 68.4 Å². The van der Waals surface area contributed by atoms with Gasteiger partial charge in [-0.2, -0.15) is 0 Å². The summed E-state index contributed by atoms with van der Waals surface area (Å²) in [5, 5.41) is 6.27. The molecule has 3 amide bonds. The number of esters is 1. The van der Waals surface area contributed by atoms with Crippen molar-refractivity contribution in [1.29, 1.82) is 0 Å². The van der Waals surface area contributed by atoms with Crippen LogP contribution in [0, 0.1) is 17.8 Å². The van der Waals surface area contributed by atoms with Gasteiger partial charge in [-0.1, -0.05) is 12.1 Å². The lowest BCUT2D eigenvalue weighted by molar-refractivity contribution is -0.148. The van der Waals surface area contributed by atoms with E-state index in [4.69, 9.17) is 4.74 Å². The van der Waals surface area contributed by atoms with E-state index >= 15 is 0 Å². The number of urea groups is 1. The Morgan fingerprint density at radius 2 is 1.74 bits per heavy atom. The molecule has 1 aromatic carbocycles. The zero-order valence-electron chi connectivity index (χ0n) is 17.4. The Labute approximate surface area is 184 Å². The van der Waals surface area contributed by atoms with Gasteiger partial charge in [-0.25, -0.2) is 9.78 Å². The van der Waals surface area contributed by atoms with Crippen LogP contribution in [0.15, 0.2) is 24.3 Å². The molecule has 4 fully saturated rings. The van der Waals surface area contributed by atoms with Crippen LogP contribution in [0.1, 0.15) is 50.0 Å². The van der Waals surface area contributed by atoms with Crippen LogP contribution >= 0.6 is 11.3 Å². The van der Waals surface area contributed by atoms with E-state index in [1.54, 1.807) is 11.3 Å². The van der Waals surface area contributed by atoms with Crippen LogP contribution in [-0.2, 0) is 20.7 Å². The van der Waals surface area contributed by atoms with Crippen molar-refractivity contribution in [2.45, 2.75) is 56.9 Å². The molecule has 2 N–H and O–H groups in total. The van der Waals surface area contributed by atoms with E-state index in [-0.39, 0.29) is 12.0 Å². The molecule has 0 radical (unpaired) electrons. The first-order valence-electron chi connectivity index (χ1n) is 11.1. The first kappa shape index (κ1) is 20.4. The minimum atomic E-state index is -0.601. The monoisotopic (exact) mass is 441 g/mol. The largest absolute Gasteiger partial charge is 0.456 e. The Hall–Kier alpha value is -2.48.